The van der Waals surface area contributed by atoms with Crippen molar-refractivity contribution in [2.75, 3.05) is 19.6 Å². The van der Waals surface area contributed by atoms with Gasteiger partial charge in [-0.25, -0.2) is 9.37 Å². The van der Waals surface area contributed by atoms with Gasteiger partial charge < -0.3 is 4.90 Å². The molecule has 0 amide bonds. The van der Waals surface area contributed by atoms with Gasteiger partial charge in [-0.05, 0) is 62.2 Å². The summed E-state index contributed by atoms with van der Waals surface area (Å²) in [5.41, 5.74) is 2.29. The van der Waals surface area contributed by atoms with Crippen molar-refractivity contribution in [3.8, 4) is 0 Å². The van der Waals surface area contributed by atoms with Crippen molar-refractivity contribution < 1.29 is 4.39 Å². The molecule has 4 heteroatoms. The van der Waals surface area contributed by atoms with Crippen LogP contribution in [0.2, 0.25) is 0 Å². The lowest BCUT2D eigenvalue weighted by Crippen LogP contribution is -2.36. The summed E-state index contributed by atoms with van der Waals surface area (Å²) in [6.45, 7) is 3.32. The highest BCUT2D eigenvalue weighted by Gasteiger charge is 2.20. The molecule has 0 saturated carbocycles. The molecule has 4 rings (SSSR count). The summed E-state index contributed by atoms with van der Waals surface area (Å²) >= 11 is 1.92. The van der Waals surface area contributed by atoms with Crippen molar-refractivity contribution in [2.45, 2.75) is 29.5 Å². The van der Waals surface area contributed by atoms with Gasteiger partial charge in [0.05, 0.1) is 10.5 Å². The molecule has 2 nitrogen and oxygen atoms in total. The van der Waals surface area contributed by atoms with E-state index in [1.807, 2.05) is 30.0 Å². The average molecular weight is 367 g/mol. The summed E-state index contributed by atoms with van der Waals surface area (Å²) in [5.74, 6) is -0.158. The standard InChI is InChI=1S/C22H23FN2S/c23-19-8-5-17(6-9-19)11-14-25-15-12-20(13-16-25)26-22-10-7-18-3-1-2-4-21(18)24-22/h1-10,20H,11-16H2. The van der Waals surface area contributed by atoms with Crippen LogP contribution in [0, 0.1) is 5.82 Å². The van der Waals surface area contributed by atoms with Gasteiger partial charge in [-0.2, -0.15) is 0 Å². The zero-order valence-electron chi connectivity index (χ0n) is 14.8. The Labute approximate surface area is 158 Å². The molecule has 1 aromatic heterocycles. The maximum absolute atomic E-state index is 13.0. The molecular formula is C22H23FN2S. The van der Waals surface area contributed by atoms with Gasteiger partial charge in [-0.3, -0.25) is 0 Å². The van der Waals surface area contributed by atoms with E-state index >= 15 is 0 Å². The highest BCUT2D eigenvalue weighted by molar-refractivity contribution is 7.99. The molecule has 0 N–H and O–H groups in total. The van der Waals surface area contributed by atoms with Crippen LogP contribution < -0.4 is 0 Å². The summed E-state index contributed by atoms with van der Waals surface area (Å²) in [6, 6.07) is 19.5. The minimum atomic E-state index is -0.158. The SMILES string of the molecule is Fc1ccc(CCN2CCC(Sc3ccc4ccccc4n3)CC2)cc1. The van der Waals surface area contributed by atoms with Crippen LogP contribution >= 0.6 is 11.8 Å². The molecule has 0 radical (unpaired) electrons. The van der Waals surface area contributed by atoms with Crippen LogP contribution in [0.4, 0.5) is 4.39 Å². The van der Waals surface area contributed by atoms with Gasteiger partial charge in [0.1, 0.15) is 5.82 Å². The Morgan fingerprint density at radius 1 is 0.962 bits per heavy atom. The Balaban J connectivity index is 1.27. The van der Waals surface area contributed by atoms with Crippen LogP contribution in [0.5, 0.6) is 0 Å². The van der Waals surface area contributed by atoms with E-state index in [2.05, 4.69) is 35.2 Å². The summed E-state index contributed by atoms with van der Waals surface area (Å²) in [4.78, 5) is 7.31. The molecule has 0 bridgehead atoms. The summed E-state index contributed by atoms with van der Waals surface area (Å²) in [5, 5.41) is 2.98. The topological polar surface area (TPSA) is 16.1 Å². The predicted octanol–water partition coefficient (Wildman–Crippen LogP) is 5.17. The zero-order valence-corrected chi connectivity index (χ0v) is 15.6. The van der Waals surface area contributed by atoms with E-state index < -0.39 is 0 Å². The highest BCUT2D eigenvalue weighted by Crippen LogP contribution is 2.30. The number of nitrogens with zero attached hydrogens (tertiary/aromatic N) is 2. The average Bonchev–Trinajstić information content (AvgIpc) is 2.69. The number of aromatic nitrogens is 1. The molecule has 0 aliphatic carbocycles. The first-order chi connectivity index (χ1) is 12.8. The smallest absolute Gasteiger partial charge is 0.123 e. The number of halogens is 1. The number of pyridine rings is 1. The van der Waals surface area contributed by atoms with E-state index in [1.54, 1.807) is 12.1 Å². The van der Waals surface area contributed by atoms with Crippen LogP contribution in [0.15, 0.2) is 65.7 Å². The first-order valence-corrected chi connectivity index (χ1v) is 10.1. The van der Waals surface area contributed by atoms with E-state index in [9.17, 15) is 4.39 Å². The van der Waals surface area contributed by atoms with Crippen LogP contribution in [0.1, 0.15) is 18.4 Å². The van der Waals surface area contributed by atoms with Gasteiger partial charge in [0.15, 0.2) is 0 Å². The number of thioether (sulfide) groups is 1. The van der Waals surface area contributed by atoms with Gasteiger partial charge >= 0.3 is 0 Å². The highest BCUT2D eigenvalue weighted by atomic mass is 32.2. The first-order valence-electron chi connectivity index (χ1n) is 9.25. The lowest BCUT2D eigenvalue weighted by Gasteiger charge is -2.31. The summed E-state index contributed by atoms with van der Waals surface area (Å²) in [6.07, 6.45) is 3.38. The van der Waals surface area contributed by atoms with Crippen molar-refractivity contribution in [2.24, 2.45) is 0 Å². The monoisotopic (exact) mass is 366 g/mol. The molecular weight excluding hydrogens is 343 g/mol. The van der Waals surface area contributed by atoms with Gasteiger partial charge in [-0.15, -0.1) is 11.8 Å². The van der Waals surface area contributed by atoms with E-state index in [4.69, 9.17) is 4.98 Å². The molecule has 0 atom stereocenters. The van der Waals surface area contributed by atoms with Crippen molar-refractivity contribution in [3.05, 3.63) is 72.0 Å². The lowest BCUT2D eigenvalue weighted by molar-refractivity contribution is 0.235. The number of fused-ring (bicyclic) bond motifs is 1. The quantitative estimate of drug-likeness (QED) is 0.619. The molecule has 2 heterocycles. The minimum Gasteiger partial charge on any atom is -0.303 e. The van der Waals surface area contributed by atoms with Crippen LogP contribution in [-0.2, 0) is 6.42 Å². The van der Waals surface area contributed by atoms with E-state index in [1.165, 1.54) is 23.8 Å². The zero-order chi connectivity index (χ0) is 17.8. The van der Waals surface area contributed by atoms with Crippen molar-refractivity contribution in [1.29, 1.82) is 0 Å². The maximum atomic E-state index is 13.0. The van der Waals surface area contributed by atoms with Gasteiger partial charge in [-0.1, -0.05) is 36.4 Å². The summed E-state index contributed by atoms with van der Waals surface area (Å²) < 4.78 is 13.0. The fourth-order valence-electron chi connectivity index (χ4n) is 3.47. The second-order valence-corrected chi connectivity index (χ2v) is 8.20. The van der Waals surface area contributed by atoms with Crippen LogP contribution in [0.3, 0.4) is 0 Å². The third kappa shape index (κ3) is 4.43. The molecule has 3 aromatic rings. The largest absolute Gasteiger partial charge is 0.303 e. The fourth-order valence-corrected chi connectivity index (χ4v) is 4.56. The van der Waals surface area contributed by atoms with E-state index in [-0.39, 0.29) is 5.82 Å². The number of benzene rings is 2. The second-order valence-electron chi connectivity index (χ2n) is 6.88. The number of hydrogen-bond acceptors (Lipinski definition) is 3. The Morgan fingerprint density at radius 3 is 2.54 bits per heavy atom. The van der Waals surface area contributed by atoms with Crippen molar-refractivity contribution in [1.82, 2.24) is 9.88 Å². The third-order valence-electron chi connectivity index (χ3n) is 5.02. The Kier molecular flexibility index (Phi) is 5.51. The number of hydrogen-bond donors (Lipinski definition) is 0. The molecule has 134 valence electrons. The lowest BCUT2D eigenvalue weighted by atomic mass is 10.1. The molecule has 26 heavy (non-hydrogen) atoms. The van der Waals surface area contributed by atoms with Crippen LogP contribution in [0.25, 0.3) is 10.9 Å². The summed E-state index contributed by atoms with van der Waals surface area (Å²) in [7, 11) is 0. The first kappa shape index (κ1) is 17.5. The minimum absolute atomic E-state index is 0.158. The predicted molar refractivity (Wildman–Crippen MR) is 107 cm³/mol. The third-order valence-corrected chi connectivity index (χ3v) is 6.30. The molecule has 1 fully saturated rings. The Hall–Kier alpha value is -1.91. The van der Waals surface area contributed by atoms with Gasteiger partial charge in [0.2, 0.25) is 0 Å². The Morgan fingerprint density at radius 2 is 1.73 bits per heavy atom. The van der Waals surface area contributed by atoms with E-state index in [0.29, 0.717) is 5.25 Å². The molecule has 1 saturated heterocycles. The number of para-hydroxylation sites is 1. The molecule has 1 aliphatic rings. The number of piperidine rings is 1. The fraction of sp³-hybridized carbons (Fsp3) is 0.318. The Bertz CT molecular complexity index is 857. The molecule has 2 aromatic carbocycles. The molecule has 0 spiro atoms. The molecule has 1 aliphatic heterocycles. The van der Waals surface area contributed by atoms with Gasteiger partial charge in [0, 0.05) is 17.2 Å². The molecule has 0 unspecified atom stereocenters. The van der Waals surface area contributed by atoms with Gasteiger partial charge in [0.25, 0.3) is 0 Å². The van der Waals surface area contributed by atoms with Crippen LogP contribution in [-0.4, -0.2) is 34.8 Å². The van der Waals surface area contributed by atoms with Crippen molar-refractivity contribution in [3.63, 3.8) is 0 Å². The van der Waals surface area contributed by atoms with Crippen molar-refractivity contribution >= 4 is 22.7 Å². The number of likely N-dealkylation sites (tertiary alicyclic amines) is 1. The maximum Gasteiger partial charge on any atom is 0.123 e. The number of rotatable bonds is 5. The normalized spacial score (nSPS) is 16.2. The van der Waals surface area contributed by atoms with E-state index in [0.717, 1.165) is 36.6 Å². The second kappa shape index (κ2) is 8.19.